The van der Waals surface area contributed by atoms with Gasteiger partial charge >= 0.3 is 6.09 Å². The second kappa shape index (κ2) is 7.29. The van der Waals surface area contributed by atoms with Crippen molar-refractivity contribution < 1.29 is 9.53 Å². The standard InChI is InChI=1S/C16H24N2O2/c1-13(2)18(12-14-7-6-10-17-11-14)16(19)20-15-8-4-3-5-9-15/h3-5,8-9,13-14,17H,6-7,10-12H2,1-2H3. The average Bonchev–Trinajstić information content (AvgIpc) is 2.46. The van der Waals surface area contributed by atoms with Crippen LogP contribution in [0.25, 0.3) is 0 Å². The third kappa shape index (κ3) is 4.23. The lowest BCUT2D eigenvalue weighted by Crippen LogP contribution is -2.45. The van der Waals surface area contributed by atoms with E-state index in [0.29, 0.717) is 11.7 Å². The third-order valence-corrected chi connectivity index (χ3v) is 3.66. The Hall–Kier alpha value is -1.55. The zero-order valence-electron chi connectivity index (χ0n) is 12.3. The minimum Gasteiger partial charge on any atom is -0.410 e. The molecule has 4 heteroatoms. The summed E-state index contributed by atoms with van der Waals surface area (Å²) in [7, 11) is 0. The van der Waals surface area contributed by atoms with E-state index in [4.69, 9.17) is 4.74 Å². The van der Waals surface area contributed by atoms with E-state index in [1.807, 2.05) is 36.9 Å². The topological polar surface area (TPSA) is 41.6 Å². The van der Waals surface area contributed by atoms with E-state index < -0.39 is 0 Å². The molecule has 1 fully saturated rings. The molecule has 20 heavy (non-hydrogen) atoms. The minimum absolute atomic E-state index is 0.146. The molecule has 1 amide bonds. The molecule has 0 spiro atoms. The SMILES string of the molecule is CC(C)N(CC1CCCNC1)C(=O)Oc1ccccc1. The highest BCUT2D eigenvalue weighted by Gasteiger charge is 2.24. The van der Waals surface area contributed by atoms with Crippen molar-refractivity contribution >= 4 is 6.09 Å². The van der Waals surface area contributed by atoms with Crippen molar-refractivity contribution in [2.75, 3.05) is 19.6 Å². The first-order valence-corrected chi connectivity index (χ1v) is 7.41. The predicted octanol–water partition coefficient (Wildman–Crippen LogP) is 2.90. The van der Waals surface area contributed by atoms with E-state index in [1.54, 1.807) is 12.1 Å². The lowest BCUT2D eigenvalue weighted by atomic mass is 9.99. The minimum atomic E-state index is -0.253. The Morgan fingerprint density at radius 2 is 2.15 bits per heavy atom. The summed E-state index contributed by atoms with van der Waals surface area (Å²) in [6, 6.07) is 9.40. The van der Waals surface area contributed by atoms with Crippen LogP contribution in [0.5, 0.6) is 5.75 Å². The molecule has 1 N–H and O–H groups in total. The number of carbonyl (C=O) groups is 1. The van der Waals surface area contributed by atoms with Crippen LogP contribution in [0.1, 0.15) is 26.7 Å². The van der Waals surface area contributed by atoms with E-state index in [1.165, 1.54) is 12.8 Å². The summed E-state index contributed by atoms with van der Waals surface area (Å²) in [6.45, 7) is 6.90. The maximum absolute atomic E-state index is 12.3. The molecule has 0 bridgehead atoms. The Balaban J connectivity index is 1.95. The van der Waals surface area contributed by atoms with Crippen LogP contribution in [0.4, 0.5) is 4.79 Å². The van der Waals surface area contributed by atoms with Gasteiger partial charge in [0.25, 0.3) is 0 Å². The van der Waals surface area contributed by atoms with Gasteiger partial charge < -0.3 is 15.0 Å². The second-order valence-corrected chi connectivity index (χ2v) is 5.64. The van der Waals surface area contributed by atoms with E-state index in [0.717, 1.165) is 19.6 Å². The van der Waals surface area contributed by atoms with E-state index in [9.17, 15) is 4.79 Å². The number of nitrogens with one attached hydrogen (secondary N) is 1. The first-order valence-electron chi connectivity index (χ1n) is 7.41. The summed E-state index contributed by atoms with van der Waals surface area (Å²) in [4.78, 5) is 14.1. The molecule has 1 unspecified atom stereocenters. The fourth-order valence-corrected chi connectivity index (χ4v) is 2.50. The number of ether oxygens (including phenoxy) is 1. The van der Waals surface area contributed by atoms with Crippen molar-refractivity contribution in [1.82, 2.24) is 10.2 Å². The molecule has 4 nitrogen and oxygen atoms in total. The molecule has 0 saturated carbocycles. The Morgan fingerprint density at radius 3 is 2.75 bits per heavy atom. The van der Waals surface area contributed by atoms with Crippen molar-refractivity contribution in [1.29, 1.82) is 0 Å². The Kier molecular flexibility index (Phi) is 5.41. The molecular formula is C16H24N2O2. The van der Waals surface area contributed by atoms with Crippen LogP contribution in [0.15, 0.2) is 30.3 Å². The zero-order valence-corrected chi connectivity index (χ0v) is 12.3. The number of piperidine rings is 1. The molecule has 1 atom stereocenters. The van der Waals surface area contributed by atoms with Crippen molar-refractivity contribution in [2.45, 2.75) is 32.7 Å². The molecule has 1 aliphatic heterocycles. The Morgan fingerprint density at radius 1 is 1.40 bits per heavy atom. The fourth-order valence-electron chi connectivity index (χ4n) is 2.50. The van der Waals surface area contributed by atoms with Crippen LogP contribution >= 0.6 is 0 Å². The summed E-state index contributed by atoms with van der Waals surface area (Å²) >= 11 is 0. The molecule has 1 heterocycles. The Labute approximate surface area is 121 Å². The van der Waals surface area contributed by atoms with Crippen molar-refractivity contribution in [2.24, 2.45) is 5.92 Å². The molecule has 0 aliphatic carbocycles. The van der Waals surface area contributed by atoms with Gasteiger partial charge in [0.2, 0.25) is 0 Å². The second-order valence-electron chi connectivity index (χ2n) is 5.64. The number of benzene rings is 1. The van der Waals surface area contributed by atoms with Gasteiger partial charge in [0.05, 0.1) is 0 Å². The van der Waals surface area contributed by atoms with Crippen molar-refractivity contribution in [3.63, 3.8) is 0 Å². The summed E-state index contributed by atoms with van der Waals surface area (Å²) in [5, 5.41) is 3.39. The average molecular weight is 276 g/mol. The molecule has 1 aromatic carbocycles. The monoisotopic (exact) mass is 276 g/mol. The highest BCUT2D eigenvalue weighted by atomic mass is 16.6. The maximum atomic E-state index is 12.3. The molecule has 1 saturated heterocycles. The summed E-state index contributed by atoms with van der Waals surface area (Å²) < 4.78 is 5.45. The van der Waals surface area contributed by atoms with Gasteiger partial charge in [-0.05, 0) is 57.8 Å². The summed E-state index contributed by atoms with van der Waals surface area (Å²) in [5.74, 6) is 1.12. The number of amides is 1. The van der Waals surface area contributed by atoms with E-state index >= 15 is 0 Å². The van der Waals surface area contributed by atoms with Crippen molar-refractivity contribution in [3.8, 4) is 5.75 Å². The maximum Gasteiger partial charge on any atom is 0.415 e. The highest BCUT2D eigenvalue weighted by Crippen LogP contribution is 2.16. The van der Waals surface area contributed by atoms with Gasteiger partial charge in [-0.1, -0.05) is 18.2 Å². The molecule has 2 rings (SSSR count). The first-order chi connectivity index (χ1) is 9.66. The normalized spacial score (nSPS) is 18.9. The number of nitrogens with zero attached hydrogens (tertiary/aromatic N) is 1. The predicted molar refractivity (Wildman–Crippen MR) is 79.9 cm³/mol. The van der Waals surface area contributed by atoms with Gasteiger partial charge in [0.15, 0.2) is 0 Å². The van der Waals surface area contributed by atoms with Crippen LogP contribution in [-0.2, 0) is 0 Å². The number of hydrogen-bond acceptors (Lipinski definition) is 3. The lowest BCUT2D eigenvalue weighted by molar-refractivity contribution is 0.124. The van der Waals surface area contributed by atoms with Crippen LogP contribution in [0.3, 0.4) is 0 Å². The van der Waals surface area contributed by atoms with E-state index in [-0.39, 0.29) is 12.1 Å². The third-order valence-electron chi connectivity index (χ3n) is 3.66. The van der Waals surface area contributed by atoms with Gasteiger partial charge in [-0.25, -0.2) is 4.79 Å². The zero-order chi connectivity index (χ0) is 14.4. The number of para-hydroxylation sites is 1. The molecule has 1 aromatic rings. The van der Waals surface area contributed by atoms with Gasteiger partial charge in [-0.2, -0.15) is 0 Å². The molecule has 110 valence electrons. The largest absolute Gasteiger partial charge is 0.415 e. The van der Waals surface area contributed by atoms with Crippen LogP contribution in [0.2, 0.25) is 0 Å². The molecule has 0 aromatic heterocycles. The smallest absolute Gasteiger partial charge is 0.410 e. The number of rotatable bonds is 4. The molecule has 0 radical (unpaired) electrons. The number of carbonyl (C=O) groups excluding carboxylic acids is 1. The molecule has 1 aliphatic rings. The van der Waals surface area contributed by atoms with Gasteiger partial charge in [0, 0.05) is 12.6 Å². The fraction of sp³-hybridized carbons (Fsp3) is 0.562. The van der Waals surface area contributed by atoms with Crippen LogP contribution in [0, 0.1) is 5.92 Å². The van der Waals surface area contributed by atoms with Crippen LogP contribution in [-0.4, -0.2) is 36.7 Å². The quantitative estimate of drug-likeness (QED) is 0.919. The number of hydrogen-bond donors (Lipinski definition) is 1. The first kappa shape index (κ1) is 14.9. The van der Waals surface area contributed by atoms with Gasteiger partial charge in [0.1, 0.15) is 5.75 Å². The Bertz CT molecular complexity index is 414. The summed E-state index contributed by atoms with van der Waals surface area (Å²) in [5.41, 5.74) is 0. The van der Waals surface area contributed by atoms with Crippen molar-refractivity contribution in [3.05, 3.63) is 30.3 Å². The highest BCUT2D eigenvalue weighted by molar-refractivity contribution is 5.71. The van der Waals surface area contributed by atoms with E-state index in [2.05, 4.69) is 5.32 Å². The van der Waals surface area contributed by atoms with Gasteiger partial charge in [-0.3, -0.25) is 0 Å². The summed E-state index contributed by atoms with van der Waals surface area (Å²) in [6.07, 6.45) is 2.11. The molecular weight excluding hydrogens is 252 g/mol. The lowest BCUT2D eigenvalue weighted by Gasteiger charge is -2.32. The van der Waals surface area contributed by atoms with Gasteiger partial charge in [-0.15, -0.1) is 0 Å². The van der Waals surface area contributed by atoms with Crippen LogP contribution < -0.4 is 10.1 Å².